The maximum Gasteiger partial charge on any atom is 0.243 e. The van der Waals surface area contributed by atoms with E-state index in [1.54, 1.807) is 6.07 Å². The fourth-order valence-corrected chi connectivity index (χ4v) is 3.44. The molecule has 4 nitrogen and oxygen atoms in total. The lowest BCUT2D eigenvalue weighted by atomic mass is 10.2. The molecule has 18 heavy (non-hydrogen) atoms. The molecule has 1 aliphatic rings. The number of pyridine rings is 1. The molecule has 0 radical (unpaired) electrons. The van der Waals surface area contributed by atoms with E-state index in [-0.39, 0.29) is 10.0 Å². The van der Waals surface area contributed by atoms with Crippen LogP contribution in [0.25, 0.3) is 0 Å². The molecule has 1 N–H and O–H groups in total. The van der Waals surface area contributed by atoms with E-state index in [4.69, 9.17) is 11.6 Å². The molecule has 0 atom stereocenters. The molecule has 0 saturated heterocycles. The number of hydrogen-bond acceptors (Lipinski definition) is 3. The number of nitrogens with zero attached hydrogens (tertiary/aromatic N) is 1. The van der Waals surface area contributed by atoms with Gasteiger partial charge in [0.05, 0.1) is 0 Å². The van der Waals surface area contributed by atoms with Crippen molar-refractivity contribution in [2.75, 3.05) is 6.54 Å². The summed E-state index contributed by atoms with van der Waals surface area (Å²) in [5, 5.41) is 0.00471. The molecule has 0 saturated carbocycles. The van der Waals surface area contributed by atoms with Crippen molar-refractivity contribution in [1.29, 1.82) is 0 Å². The number of allylic oxidation sites excluding steroid dienone is 1. The van der Waals surface area contributed by atoms with Crippen LogP contribution in [0.5, 0.6) is 0 Å². The maximum atomic E-state index is 12.0. The topological polar surface area (TPSA) is 59.1 Å². The molecule has 0 bridgehead atoms. The Morgan fingerprint density at radius 3 is 2.94 bits per heavy atom. The van der Waals surface area contributed by atoms with Gasteiger partial charge in [0.15, 0.2) is 0 Å². The molecule has 0 spiro atoms. The molecular formula is C12H15ClN2O2S. The van der Waals surface area contributed by atoms with Crippen LogP contribution in [-0.4, -0.2) is 19.9 Å². The SMILES string of the molecule is O=S(=O)(NCCC1=CCCC1)c1cccnc1Cl. The third-order valence-corrected chi connectivity index (χ3v) is 4.79. The average Bonchev–Trinajstić information content (AvgIpc) is 2.82. The number of hydrogen-bond donors (Lipinski definition) is 1. The monoisotopic (exact) mass is 286 g/mol. The van der Waals surface area contributed by atoms with E-state index in [9.17, 15) is 8.42 Å². The molecule has 0 amide bonds. The summed E-state index contributed by atoms with van der Waals surface area (Å²) in [7, 11) is -3.55. The van der Waals surface area contributed by atoms with Crippen molar-refractivity contribution in [2.45, 2.75) is 30.6 Å². The molecule has 1 aliphatic carbocycles. The number of sulfonamides is 1. The molecule has 0 aliphatic heterocycles. The van der Waals surface area contributed by atoms with E-state index in [1.165, 1.54) is 24.3 Å². The first-order valence-corrected chi connectivity index (χ1v) is 7.74. The minimum Gasteiger partial charge on any atom is -0.243 e. The first-order chi connectivity index (χ1) is 8.59. The van der Waals surface area contributed by atoms with Crippen molar-refractivity contribution in [1.82, 2.24) is 9.71 Å². The Morgan fingerprint density at radius 1 is 1.44 bits per heavy atom. The Labute approximate surface area is 112 Å². The van der Waals surface area contributed by atoms with Gasteiger partial charge in [-0.3, -0.25) is 0 Å². The lowest BCUT2D eigenvalue weighted by Gasteiger charge is -2.07. The highest BCUT2D eigenvalue weighted by molar-refractivity contribution is 7.89. The Morgan fingerprint density at radius 2 is 2.28 bits per heavy atom. The number of rotatable bonds is 5. The average molecular weight is 287 g/mol. The fourth-order valence-electron chi connectivity index (χ4n) is 1.96. The smallest absolute Gasteiger partial charge is 0.243 e. The van der Waals surface area contributed by atoms with Gasteiger partial charge in [-0.05, 0) is 37.8 Å². The first kappa shape index (κ1) is 13.5. The van der Waals surface area contributed by atoms with Crippen LogP contribution < -0.4 is 4.72 Å². The summed E-state index contributed by atoms with van der Waals surface area (Å²) in [5.74, 6) is 0. The number of nitrogens with one attached hydrogen (secondary N) is 1. The minimum atomic E-state index is -3.55. The molecular weight excluding hydrogens is 272 g/mol. The van der Waals surface area contributed by atoms with Gasteiger partial charge in [0.25, 0.3) is 0 Å². The summed E-state index contributed by atoms with van der Waals surface area (Å²) in [6, 6.07) is 3.01. The molecule has 6 heteroatoms. The Hall–Kier alpha value is -0.910. The summed E-state index contributed by atoms with van der Waals surface area (Å²) < 4.78 is 26.5. The van der Waals surface area contributed by atoms with Crippen LogP contribution in [0.1, 0.15) is 25.7 Å². The van der Waals surface area contributed by atoms with E-state index < -0.39 is 10.0 Å². The van der Waals surface area contributed by atoms with E-state index in [1.807, 2.05) is 0 Å². The lowest BCUT2D eigenvalue weighted by molar-refractivity contribution is 0.581. The van der Waals surface area contributed by atoms with E-state index in [2.05, 4.69) is 15.8 Å². The second-order valence-electron chi connectivity index (χ2n) is 4.19. The third-order valence-electron chi connectivity index (χ3n) is 2.89. The van der Waals surface area contributed by atoms with Crippen molar-refractivity contribution in [3.63, 3.8) is 0 Å². The van der Waals surface area contributed by atoms with Crippen LogP contribution in [0.3, 0.4) is 0 Å². The first-order valence-electron chi connectivity index (χ1n) is 5.88. The molecule has 0 unspecified atom stereocenters. The summed E-state index contributed by atoms with van der Waals surface area (Å²) in [5.41, 5.74) is 1.33. The van der Waals surface area contributed by atoms with Crippen molar-refractivity contribution >= 4 is 21.6 Å². The normalized spacial score (nSPS) is 15.7. The summed E-state index contributed by atoms with van der Waals surface area (Å²) in [4.78, 5) is 3.80. The highest BCUT2D eigenvalue weighted by Crippen LogP contribution is 2.21. The van der Waals surface area contributed by atoms with Crippen LogP contribution in [-0.2, 0) is 10.0 Å². The van der Waals surface area contributed by atoms with Crippen LogP contribution in [0.4, 0.5) is 0 Å². The zero-order chi connectivity index (χ0) is 13.0. The van der Waals surface area contributed by atoms with Gasteiger partial charge < -0.3 is 0 Å². The zero-order valence-electron chi connectivity index (χ0n) is 9.89. The van der Waals surface area contributed by atoms with E-state index >= 15 is 0 Å². The Kier molecular flexibility index (Phi) is 4.37. The number of halogens is 1. The standard InChI is InChI=1S/C12H15ClN2O2S/c13-12-11(6-3-8-14-12)18(16,17)15-9-7-10-4-1-2-5-10/h3-4,6,8,15H,1-2,5,7,9H2. The van der Waals surface area contributed by atoms with Gasteiger partial charge in [-0.15, -0.1) is 0 Å². The quantitative estimate of drug-likeness (QED) is 0.668. The van der Waals surface area contributed by atoms with Gasteiger partial charge >= 0.3 is 0 Å². The molecule has 0 aromatic carbocycles. The predicted octanol–water partition coefficient (Wildman–Crippen LogP) is 2.51. The van der Waals surface area contributed by atoms with E-state index in [0.717, 1.165) is 19.3 Å². The molecule has 1 aromatic heterocycles. The van der Waals surface area contributed by atoms with Crippen molar-refractivity contribution in [3.05, 3.63) is 35.1 Å². The van der Waals surface area contributed by atoms with Crippen LogP contribution in [0.15, 0.2) is 34.9 Å². The molecule has 0 fully saturated rings. The maximum absolute atomic E-state index is 12.0. The third kappa shape index (κ3) is 3.31. The highest BCUT2D eigenvalue weighted by atomic mass is 35.5. The summed E-state index contributed by atoms with van der Waals surface area (Å²) >= 11 is 5.77. The Balaban J connectivity index is 1.97. The second kappa shape index (κ2) is 5.82. The van der Waals surface area contributed by atoms with Crippen LogP contribution in [0, 0.1) is 0 Å². The van der Waals surface area contributed by atoms with E-state index in [0.29, 0.717) is 6.54 Å². The highest BCUT2D eigenvalue weighted by Gasteiger charge is 2.17. The minimum absolute atomic E-state index is 0.00471. The summed E-state index contributed by atoms with van der Waals surface area (Å²) in [6.07, 6.45) is 7.77. The predicted molar refractivity (Wildman–Crippen MR) is 71.0 cm³/mol. The summed E-state index contributed by atoms with van der Waals surface area (Å²) in [6.45, 7) is 0.402. The second-order valence-corrected chi connectivity index (χ2v) is 6.29. The molecule has 1 aromatic rings. The Bertz CT molecular complexity index is 555. The van der Waals surface area contributed by atoms with Crippen molar-refractivity contribution in [3.8, 4) is 0 Å². The molecule has 2 rings (SSSR count). The largest absolute Gasteiger partial charge is 0.243 e. The van der Waals surface area contributed by atoms with Crippen LogP contribution >= 0.6 is 11.6 Å². The van der Waals surface area contributed by atoms with Gasteiger partial charge in [-0.25, -0.2) is 18.1 Å². The fraction of sp³-hybridized carbons (Fsp3) is 0.417. The van der Waals surface area contributed by atoms with Gasteiger partial charge in [0.1, 0.15) is 10.0 Å². The van der Waals surface area contributed by atoms with Crippen molar-refractivity contribution in [2.24, 2.45) is 0 Å². The molecule has 98 valence electrons. The number of aromatic nitrogens is 1. The van der Waals surface area contributed by atoms with Gasteiger partial charge in [-0.1, -0.05) is 23.3 Å². The van der Waals surface area contributed by atoms with Crippen LogP contribution in [0.2, 0.25) is 5.15 Å². The zero-order valence-corrected chi connectivity index (χ0v) is 11.5. The van der Waals surface area contributed by atoms with Gasteiger partial charge in [0.2, 0.25) is 10.0 Å². The molecule has 1 heterocycles. The van der Waals surface area contributed by atoms with Crippen molar-refractivity contribution < 1.29 is 8.42 Å². The van der Waals surface area contributed by atoms with Gasteiger partial charge in [0, 0.05) is 12.7 Å². The lowest BCUT2D eigenvalue weighted by Crippen LogP contribution is -2.25. The van der Waals surface area contributed by atoms with Gasteiger partial charge in [-0.2, -0.15) is 0 Å².